The lowest BCUT2D eigenvalue weighted by Gasteiger charge is -2.29. The summed E-state index contributed by atoms with van der Waals surface area (Å²) in [6.07, 6.45) is -0.974. The van der Waals surface area contributed by atoms with Crippen molar-refractivity contribution in [2.45, 2.75) is 32.9 Å². The van der Waals surface area contributed by atoms with Gasteiger partial charge in [0.25, 0.3) is 5.91 Å². The summed E-state index contributed by atoms with van der Waals surface area (Å²) >= 11 is 11.8. The first-order valence-electron chi connectivity index (χ1n) is 7.53. The van der Waals surface area contributed by atoms with E-state index in [1.165, 1.54) is 32.9 Å². The molecule has 0 aromatic heterocycles. The van der Waals surface area contributed by atoms with E-state index in [0.717, 1.165) is 4.90 Å². The van der Waals surface area contributed by atoms with Gasteiger partial charge in [0.05, 0.1) is 5.02 Å². The van der Waals surface area contributed by atoms with Crippen molar-refractivity contribution in [1.29, 1.82) is 0 Å². The molecule has 9 heteroatoms. The summed E-state index contributed by atoms with van der Waals surface area (Å²) in [7, 11) is 0. The fourth-order valence-electron chi connectivity index (χ4n) is 2.03. The molecule has 0 saturated carbocycles. The maximum Gasteiger partial charge on any atom is 0.326 e. The number of nitrogens with one attached hydrogen (secondary N) is 1. The van der Waals surface area contributed by atoms with Gasteiger partial charge in [0, 0.05) is 25.0 Å². The van der Waals surface area contributed by atoms with Crippen LogP contribution in [-0.4, -0.2) is 53.0 Å². The predicted octanol–water partition coefficient (Wildman–Crippen LogP) is 2.20. The van der Waals surface area contributed by atoms with Gasteiger partial charge in [-0.15, -0.1) is 0 Å². The van der Waals surface area contributed by atoms with Gasteiger partial charge in [-0.1, -0.05) is 23.2 Å². The van der Waals surface area contributed by atoms with Gasteiger partial charge >= 0.3 is 5.97 Å². The van der Waals surface area contributed by atoms with E-state index in [-0.39, 0.29) is 29.8 Å². The normalized spacial score (nSPS) is 12.8. The highest BCUT2D eigenvalue weighted by molar-refractivity contribution is 6.35. The van der Waals surface area contributed by atoms with Crippen molar-refractivity contribution >= 4 is 41.0 Å². The second kappa shape index (κ2) is 9.48. The second-order valence-corrected chi connectivity index (χ2v) is 6.21. The van der Waals surface area contributed by atoms with Crippen LogP contribution in [0, 0.1) is 0 Å². The zero-order chi connectivity index (χ0) is 19.1. The van der Waals surface area contributed by atoms with Crippen molar-refractivity contribution in [3.05, 3.63) is 28.2 Å². The Morgan fingerprint density at radius 1 is 1.28 bits per heavy atom. The minimum absolute atomic E-state index is 0.0356. The van der Waals surface area contributed by atoms with E-state index in [9.17, 15) is 19.5 Å². The molecule has 0 fully saturated rings. The average molecular weight is 391 g/mol. The summed E-state index contributed by atoms with van der Waals surface area (Å²) in [4.78, 5) is 35.9. The van der Waals surface area contributed by atoms with Crippen LogP contribution < -0.4 is 10.1 Å². The third kappa shape index (κ3) is 6.43. The van der Waals surface area contributed by atoms with Crippen LogP contribution in [0.15, 0.2) is 18.2 Å². The summed E-state index contributed by atoms with van der Waals surface area (Å²) in [5.41, 5.74) is 0. The van der Waals surface area contributed by atoms with Crippen molar-refractivity contribution in [3.8, 4) is 5.75 Å². The summed E-state index contributed by atoms with van der Waals surface area (Å²) in [6, 6.07) is 3.49. The van der Waals surface area contributed by atoms with E-state index >= 15 is 0 Å². The number of halogens is 2. The zero-order valence-electron chi connectivity index (χ0n) is 14.1. The molecule has 1 rings (SSSR count). The lowest BCUT2D eigenvalue weighted by molar-refractivity contribution is -0.152. The Hall–Kier alpha value is -1.99. The number of benzene rings is 1. The lowest BCUT2D eigenvalue weighted by atomic mass is 10.2. The molecule has 1 aromatic rings. The first-order chi connectivity index (χ1) is 11.6. The van der Waals surface area contributed by atoms with E-state index in [0.29, 0.717) is 5.02 Å². The lowest BCUT2D eigenvalue weighted by Crippen LogP contribution is -2.51. The van der Waals surface area contributed by atoms with E-state index in [1.54, 1.807) is 6.07 Å². The number of nitrogens with zero attached hydrogens (tertiary/aromatic N) is 1. The van der Waals surface area contributed by atoms with Crippen LogP contribution in [0.4, 0.5) is 0 Å². The molecule has 2 amide bonds. The molecule has 0 radical (unpaired) electrons. The molecule has 2 N–H and O–H groups in total. The first kappa shape index (κ1) is 21.1. The molecule has 0 bridgehead atoms. The molecule has 2 unspecified atom stereocenters. The van der Waals surface area contributed by atoms with Crippen LogP contribution in [0.5, 0.6) is 5.75 Å². The van der Waals surface area contributed by atoms with Gasteiger partial charge < -0.3 is 20.1 Å². The molecule has 0 saturated heterocycles. The molecule has 0 aliphatic rings. The van der Waals surface area contributed by atoms with Crippen molar-refractivity contribution in [2.24, 2.45) is 0 Å². The fourth-order valence-corrected chi connectivity index (χ4v) is 2.48. The number of ether oxygens (including phenoxy) is 1. The van der Waals surface area contributed by atoms with E-state index < -0.39 is 24.0 Å². The van der Waals surface area contributed by atoms with Crippen LogP contribution in [0.1, 0.15) is 20.8 Å². The molecular formula is C16H20Cl2N2O5. The molecular weight excluding hydrogens is 371 g/mol. The topological polar surface area (TPSA) is 95.9 Å². The van der Waals surface area contributed by atoms with Crippen LogP contribution in [0.2, 0.25) is 10.0 Å². The smallest absolute Gasteiger partial charge is 0.326 e. The van der Waals surface area contributed by atoms with Gasteiger partial charge in [0.2, 0.25) is 5.91 Å². The van der Waals surface area contributed by atoms with Gasteiger partial charge in [-0.05, 0) is 32.0 Å². The fraction of sp³-hybridized carbons (Fsp3) is 0.438. The van der Waals surface area contributed by atoms with Gasteiger partial charge in [-0.3, -0.25) is 9.59 Å². The summed E-state index contributed by atoms with van der Waals surface area (Å²) in [6.45, 7) is 4.38. The zero-order valence-corrected chi connectivity index (χ0v) is 15.6. The number of carboxylic acids is 1. The number of hydrogen-bond acceptors (Lipinski definition) is 4. The highest BCUT2D eigenvalue weighted by Gasteiger charge is 2.30. The summed E-state index contributed by atoms with van der Waals surface area (Å²) in [5, 5.41) is 12.4. The Balaban J connectivity index is 2.86. The number of carbonyl (C=O) groups excluding carboxylic acids is 2. The highest BCUT2D eigenvalue weighted by atomic mass is 35.5. The first-order valence-corrected chi connectivity index (χ1v) is 8.28. The number of aliphatic carboxylic acids is 1. The van der Waals surface area contributed by atoms with Gasteiger partial charge in [0.15, 0.2) is 6.10 Å². The third-order valence-corrected chi connectivity index (χ3v) is 3.91. The van der Waals surface area contributed by atoms with E-state index in [4.69, 9.17) is 27.9 Å². The second-order valence-electron chi connectivity index (χ2n) is 5.36. The Morgan fingerprint density at radius 3 is 2.44 bits per heavy atom. The SMILES string of the molecule is CC(=O)NCCN(C(=O)C(C)Oc1ccc(Cl)cc1Cl)C(C)C(=O)O. The molecule has 138 valence electrons. The Labute approximate surface area is 155 Å². The van der Waals surface area contributed by atoms with Gasteiger partial charge in [0.1, 0.15) is 11.8 Å². The van der Waals surface area contributed by atoms with Crippen LogP contribution in [0.25, 0.3) is 0 Å². The van der Waals surface area contributed by atoms with Gasteiger partial charge in [-0.2, -0.15) is 0 Å². The summed E-state index contributed by atoms with van der Waals surface area (Å²) in [5.74, 6) is -1.71. The van der Waals surface area contributed by atoms with Gasteiger partial charge in [-0.25, -0.2) is 4.79 Å². The summed E-state index contributed by atoms with van der Waals surface area (Å²) < 4.78 is 5.54. The van der Waals surface area contributed by atoms with E-state index in [1.807, 2.05) is 0 Å². The molecule has 1 aromatic carbocycles. The molecule has 0 heterocycles. The Morgan fingerprint density at radius 2 is 1.92 bits per heavy atom. The standard InChI is InChI=1S/C16H20Cl2N2O5/c1-9(16(23)24)20(7-6-19-11(3)21)15(22)10(2)25-14-5-4-12(17)8-13(14)18/h4-5,8-10H,6-7H2,1-3H3,(H,19,21)(H,23,24). The highest BCUT2D eigenvalue weighted by Crippen LogP contribution is 2.28. The quantitative estimate of drug-likeness (QED) is 0.709. The Kier molecular flexibility index (Phi) is 7.99. The molecule has 7 nitrogen and oxygen atoms in total. The maximum absolute atomic E-state index is 12.6. The average Bonchev–Trinajstić information content (AvgIpc) is 2.52. The van der Waals surface area contributed by atoms with Crippen molar-refractivity contribution in [3.63, 3.8) is 0 Å². The third-order valence-electron chi connectivity index (χ3n) is 3.38. The molecule has 0 aliphatic carbocycles. The number of carbonyl (C=O) groups is 3. The van der Waals surface area contributed by atoms with Crippen LogP contribution in [0.3, 0.4) is 0 Å². The maximum atomic E-state index is 12.6. The van der Waals surface area contributed by atoms with Crippen LogP contribution in [-0.2, 0) is 14.4 Å². The predicted molar refractivity (Wildman–Crippen MR) is 94.0 cm³/mol. The Bertz CT molecular complexity index is 653. The molecule has 25 heavy (non-hydrogen) atoms. The minimum Gasteiger partial charge on any atom is -0.480 e. The van der Waals surface area contributed by atoms with Crippen molar-refractivity contribution in [2.75, 3.05) is 13.1 Å². The number of carboxylic acid groups (broad SMARTS) is 1. The largest absolute Gasteiger partial charge is 0.480 e. The minimum atomic E-state index is -1.16. The number of rotatable bonds is 8. The van der Waals surface area contributed by atoms with E-state index in [2.05, 4.69) is 5.32 Å². The molecule has 0 aliphatic heterocycles. The molecule has 2 atom stereocenters. The molecule has 0 spiro atoms. The van der Waals surface area contributed by atoms with Crippen molar-refractivity contribution < 1.29 is 24.2 Å². The van der Waals surface area contributed by atoms with Crippen molar-refractivity contribution in [1.82, 2.24) is 10.2 Å². The van der Waals surface area contributed by atoms with Crippen LogP contribution >= 0.6 is 23.2 Å². The number of amides is 2. The monoisotopic (exact) mass is 390 g/mol. The number of hydrogen-bond donors (Lipinski definition) is 2.